The molecule has 1 rings (SSSR count). The first-order valence-corrected chi connectivity index (χ1v) is 6.56. The summed E-state index contributed by atoms with van der Waals surface area (Å²) in [5.74, 6) is -0.122. The van der Waals surface area contributed by atoms with E-state index in [0.29, 0.717) is 25.3 Å². The lowest BCUT2D eigenvalue weighted by atomic mass is 10.1. The molecule has 0 fully saturated rings. The number of ether oxygens (including phenoxy) is 1. The van der Waals surface area contributed by atoms with Gasteiger partial charge in [-0.1, -0.05) is 18.2 Å². The molecule has 0 spiro atoms. The van der Waals surface area contributed by atoms with Crippen molar-refractivity contribution in [2.75, 3.05) is 26.8 Å². The minimum Gasteiger partial charge on any atom is -0.383 e. The molecule has 0 atom stereocenters. The maximum atomic E-state index is 12.5. The first kappa shape index (κ1) is 17.5. The van der Waals surface area contributed by atoms with Crippen LogP contribution in [0.3, 0.4) is 0 Å². The van der Waals surface area contributed by atoms with Crippen LogP contribution in [0.25, 0.3) is 0 Å². The Hall–Kier alpha value is -1.60. The van der Waals surface area contributed by atoms with Gasteiger partial charge in [-0.15, -0.1) is 0 Å². The number of halogens is 3. The van der Waals surface area contributed by atoms with E-state index < -0.39 is 11.7 Å². The Kier molecular flexibility index (Phi) is 7.18. The van der Waals surface area contributed by atoms with Gasteiger partial charge < -0.3 is 15.4 Å². The van der Waals surface area contributed by atoms with Crippen molar-refractivity contribution in [3.63, 3.8) is 0 Å². The Bertz CT molecular complexity index is 450. The van der Waals surface area contributed by atoms with Crippen LogP contribution in [0.2, 0.25) is 0 Å². The molecule has 0 aromatic heterocycles. The van der Waals surface area contributed by atoms with Gasteiger partial charge in [0.25, 0.3) is 0 Å². The van der Waals surface area contributed by atoms with Gasteiger partial charge in [-0.2, -0.15) is 13.2 Å². The third-order valence-electron chi connectivity index (χ3n) is 2.74. The molecule has 1 aromatic rings. The number of nitrogens with one attached hydrogen (secondary N) is 2. The fourth-order valence-corrected chi connectivity index (χ4v) is 1.67. The molecule has 1 aromatic carbocycles. The molecule has 0 bridgehead atoms. The lowest BCUT2D eigenvalue weighted by molar-refractivity contribution is -0.137. The monoisotopic (exact) mass is 304 g/mol. The maximum absolute atomic E-state index is 12.5. The molecule has 2 N–H and O–H groups in total. The fraction of sp³-hybridized carbons (Fsp3) is 0.500. The van der Waals surface area contributed by atoms with Crippen molar-refractivity contribution in [1.29, 1.82) is 0 Å². The molecule has 0 radical (unpaired) electrons. The van der Waals surface area contributed by atoms with Crippen LogP contribution in [-0.4, -0.2) is 32.7 Å². The van der Waals surface area contributed by atoms with E-state index in [2.05, 4.69) is 10.6 Å². The van der Waals surface area contributed by atoms with E-state index in [-0.39, 0.29) is 18.9 Å². The number of amides is 1. The molecule has 0 heterocycles. The highest BCUT2D eigenvalue weighted by molar-refractivity contribution is 5.76. The standard InChI is InChI=1S/C14H19F3N2O2/c1-21-8-7-19-13(20)5-6-18-10-11-3-2-4-12(9-11)14(15,16)17/h2-4,9,18H,5-8,10H2,1H3,(H,19,20). The van der Waals surface area contributed by atoms with Crippen LogP contribution in [0.4, 0.5) is 13.2 Å². The molecule has 4 nitrogen and oxygen atoms in total. The summed E-state index contributed by atoms with van der Waals surface area (Å²) in [6.07, 6.45) is -4.07. The van der Waals surface area contributed by atoms with E-state index in [9.17, 15) is 18.0 Å². The molecule has 0 saturated carbocycles. The summed E-state index contributed by atoms with van der Waals surface area (Å²) in [6, 6.07) is 5.12. The van der Waals surface area contributed by atoms with Crippen LogP contribution in [0, 0.1) is 0 Å². The number of methoxy groups -OCH3 is 1. The molecule has 0 aliphatic rings. The molecule has 118 valence electrons. The predicted octanol–water partition coefficient (Wildman–Crippen LogP) is 1.95. The van der Waals surface area contributed by atoms with Gasteiger partial charge in [0.2, 0.25) is 5.91 Å². The Labute approximate surface area is 121 Å². The average Bonchev–Trinajstić information content (AvgIpc) is 2.43. The lowest BCUT2D eigenvalue weighted by Crippen LogP contribution is -2.29. The van der Waals surface area contributed by atoms with Gasteiger partial charge in [0.1, 0.15) is 0 Å². The summed E-state index contributed by atoms with van der Waals surface area (Å²) in [5, 5.41) is 5.60. The van der Waals surface area contributed by atoms with Crippen molar-refractivity contribution in [3.05, 3.63) is 35.4 Å². The zero-order valence-corrected chi connectivity index (χ0v) is 11.8. The molecular weight excluding hydrogens is 285 g/mol. The Morgan fingerprint density at radius 2 is 2.05 bits per heavy atom. The molecule has 0 aliphatic heterocycles. The highest BCUT2D eigenvalue weighted by Crippen LogP contribution is 2.29. The smallest absolute Gasteiger partial charge is 0.383 e. The highest BCUT2D eigenvalue weighted by atomic mass is 19.4. The summed E-state index contributed by atoms with van der Waals surface area (Å²) in [6.45, 7) is 1.58. The van der Waals surface area contributed by atoms with Crippen LogP contribution in [0.15, 0.2) is 24.3 Å². The number of carbonyl (C=O) groups excluding carboxylic acids is 1. The topological polar surface area (TPSA) is 50.4 Å². The largest absolute Gasteiger partial charge is 0.416 e. The van der Waals surface area contributed by atoms with Crippen LogP contribution >= 0.6 is 0 Å². The Morgan fingerprint density at radius 1 is 1.29 bits per heavy atom. The molecular formula is C14H19F3N2O2. The minimum atomic E-state index is -4.34. The van der Waals surface area contributed by atoms with Crippen molar-refractivity contribution >= 4 is 5.91 Å². The van der Waals surface area contributed by atoms with E-state index in [0.717, 1.165) is 12.1 Å². The summed E-state index contributed by atoms with van der Waals surface area (Å²) >= 11 is 0. The fourth-order valence-electron chi connectivity index (χ4n) is 1.67. The summed E-state index contributed by atoms with van der Waals surface area (Å²) in [7, 11) is 1.54. The second-order valence-corrected chi connectivity index (χ2v) is 4.47. The van der Waals surface area contributed by atoms with E-state index in [1.807, 2.05) is 0 Å². The molecule has 1 amide bonds. The van der Waals surface area contributed by atoms with Crippen LogP contribution in [0.1, 0.15) is 17.5 Å². The van der Waals surface area contributed by atoms with Gasteiger partial charge in [-0.3, -0.25) is 4.79 Å². The quantitative estimate of drug-likeness (QED) is 0.722. The highest BCUT2D eigenvalue weighted by Gasteiger charge is 2.30. The number of alkyl halides is 3. The first-order valence-electron chi connectivity index (χ1n) is 6.56. The zero-order valence-electron chi connectivity index (χ0n) is 11.8. The van der Waals surface area contributed by atoms with Gasteiger partial charge in [-0.25, -0.2) is 0 Å². The normalized spacial score (nSPS) is 11.4. The molecule has 7 heteroatoms. The number of hydrogen-bond acceptors (Lipinski definition) is 3. The van der Waals surface area contributed by atoms with Crippen molar-refractivity contribution in [1.82, 2.24) is 10.6 Å². The minimum absolute atomic E-state index is 0.122. The van der Waals surface area contributed by atoms with Crippen molar-refractivity contribution < 1.29 is 22.7 Å². The third kappa shape index (κ3) is 7.10. The third-order valence-corrected chi connectivity index (χ3v) is 2.74. The van der Waals surface area contributed by atoms with Crippen LogP contribution in [-0.2, 0) is 22.3 Å². The number of hydrogen-bond donors (Lipinski definition) is 2. The van der Waals surface area contributed by atoms with Crippen molar-refractivity contribution in [3.8, 4) is 0 Å². The second kappa shape index (κ2) is 8.63. The van der Waals surface area contributed by atoms with Gasteiger partial charge in [0, 0.05) is 33.2 Å². The number of rotatable bonds is 8. The Balaban J connectivity index is 2.28. The summed E-state index contributed by atoms with van der Waals surface area (Å²) in [4.78, 5) is 11.4. The average molecular weight is 304 g/mol. The summed E-state index contributed by atoms with van der Waals surface area (Å²) in [5.41, 5.74) is -0.135. The van der Waals surface area contributed by atoms with E-state index in [4.69, 9.17) is 4.74 Å². The van der Waals surface area contributed by atoms with E-state index >= 15 is 0 Å². The van der Waals surface area contributed by atoms with Crippen molar-refractivity contribution in [2.24, 2.45) is 0 Å². The van der Waals surface area contributed by atoms with E-state index in [1.165, 1.54) is 6.07 Å². The number of carbonyl (C=O) groups is 1. The molecule has 21 heavy (non-hydrogen) atoms. The van der Waals surface area contributed by atoms with Gasteiger partial charge in [0.15, 0.2) is 0 Å². The molecule has 0 aliphatic carbocycles. The predicted molar refractivity (Wildman–Crippen MR) is 72.7 cm³/mol. The SMILES string of the molecule is COCCNC(=O)CCNCc1cccc(C(F)(F)F)c1. The first-order chi connectivity index (χ1) is 9.93. The van der Waals surface area contributed by atoms with E-state index in [1.54, 1.807) is 13.2 Å². The number of benzene rings is 1. The zero-order chi connectivity index (χ0) is 15.7. The van der Waals surface area contributed by atoms with Crippen LogP contribution in [0.5, 0.6) is 0 Å². The summed E-state index contributed by atoms with van der Waals surface area (Å²) < 4.78 is 42.4. The molecule has 0 saturated heterocycles. The Morgan fingerprint density at radius 3 is 2.71 bits per heavy atom. The van der Waals surface area contributed by atoms with Crippen LogP contribution < -0.4 is 10.6 Å². The van der Waals surface area contributed by atoms with Crippen molar-refractivity contribution in [2.45, 2.75) is 19.1 Å². The van der Waals surface area contributed by atoms with Gasteiger partial charge in [0.05, 0.1) is 12.2 Å². The molecule has 0 unspecified atom stereocenters. The maximum Gasteiger partial charge on any atom is 0.416 e. The lowest BCUT2D eigenvalue weighted by Gasteiger charge is -2.09. The van der Waals surface area contributed by atoms with Gasteiger partial charge >= 0.3 is 6.18 Å². The van der Waals surface area contributed by atoms with Gasteiger partial charge in [-0.05, 0) is 11.6 Å². The second-order valence-electron chi connectivity index (χ2n) is 4.47.